The van der Waals surface area contributed by atoms with E-state index in [9.17, 15) is 4.79 Å². The lowest BCUT2D eigenvalue weighted by atomic mass is 10.2. The summed E-state index contributed by atoms with van der Waals surface area (Å²) < 4.78 is 1.83. The molecule has 1 heterocycles. The third kappa shape index (κ3) is 1.93. The molecule has 1 amide bonds. The Labute approximate surface area is 83.3 Å². The minimum absolute atomic E-state index is 0.218. The van der Waals surface area contributed by atoms with Gasteiger partial charge in [0, 0.05) is 18.3 Å². The molecule has 1 unspecified atom stereocenters. The second kappa shape index (κ2) is 4.23. The molecule has 5 heteroatoms. The van der Waals surface area contributed by atoms with E-state index in [1.807, 2.05) is 18.4 Å². The summed E-state index contributed by atoms with van der Waals surface area (Å²) in [6.07, 6.45) is 3.48. The summed E-state index contributed by atoms with van der Waals surface area (Å²) in [5.41, 5.74) is 2.13. The summed E-state index contributed by atoms with van der Waals surface area (Å²) >= 11 is 0. The largest absolute Gasteiger partial charge is 0.322 e. The van der Waals surface area contributed by atoms with Gasteiger partial charge >= 0.3 is 0 Å². The van der Waals surface area contributed by atoms with Crippen molar-refractivity contribution in [2.24, 2.45) is 5.84 Å². The Morgan fingerprint density at radius 3 is 2.71 bits per heavy atom. The van der Waals surface area contributed by atoms with Gasteiger partial charge in [0.05, 0.1) is 0 Å². The number of carbonyl (C=O) groups excluding carboxylic acids is 1. The fourth-order valence-electron chi connectivity index (χ4n) is 1.35. The molecule has 0 fully saturated rings. The van der Waals surface area contributed by atoms with Gasteiger partial charge in [0.2, 0.25) is 0 Å². The van der Waals surface area contributed by atoms with Crippen LogP contribution in [0.2, 0.25) is 0 Å². The number of amides is 1. The van der Waals surface area contributed by atoms with Crippen LogP contribution >= 0.6 is 0 Å². The summed E-state index contributed by atoms with van der Waals surface area (Å²) in [7, 11) is 0. The highest BCUT2D eigenvalue weighted by Crippen LogP contribution is 2.16. The lowest BCUT2D eigenvalue weighted by Gasteiger charge is -2.16. The Bertz CT molecular complexity index is 318. The molecular weight excluding hydrogens is 180 g/mol. The number of carbonyl (C=O) groups is 1. The third-order valence-electron chi connectivity index (χ3n) is 2.15. The van der Waals surface area contributed by atoms with E-state index in [4.69, 9.17) is 5.84 Å². The van der Waals surface area contributed by atoms with Crippen LogP contribution in [-0.4, -0.2) is 15.5 Å². The number of rotatable bonds is 3. The van der Waals surface area contributed by atoms with E-state index in [1.54, 1.807) is 19.3 Å². The van der Waals surface area contributed by atoms with Gasteiger partial charge in [-0.05, 0) is 6.92 Å². The summed E-state index contributed by atoms with van der Waals surface area (Å²) in [5, 5.41) is 0. The Morgan fingerprint density at radius 1 is 1.57 bits per heavy atom. The molecule has 78 valence electrons. The van der Waals surface area contributed by atoms with Crippen LogP contribution in [0.5, 0.6) is 0 Å². The van der Waals surface area contributed by atoms with E-state index in [-0.39, 0.29) is 17.9 Å². The normalized spacial score (nSPS) is 12.9. The zero-order valence-electron chi connectivity index (χ0n) is 8.69. The number of hydrogen-bond donors (Lipinski definition) is 2. The second-order valence-electron chi connectivity index (χ2n) is 3.53. The minimum Gasteiger partial charge on any atom is -0.322 e. The van der Waals surface area contributed by atoms with E-state index in [0.29, 0.717) is 0 Å². The molecule has 0 saturated heterocycles. The number of aromatic nitrogens is 2. The Hall–Kier alpha value is -1.36. The average Bonchev–Trinajstić information content (AvgIpc) is 2.63. The monoisotopic (exact) mass is 196 g/mol. The molecule has 3 N–H and O–H groups in total. The molecule has 14 heavy (non-hydrogen) atoms. The highest BCUT2D eigenvalue weighted by molar-refractivity contribution is 5.79. The molecule has 0 spiro atoms. The highest BCUT2D eigenvalue weighted by atomic mass is 16.2. The van der Waals surface area contributed by atoms with E-state index >= 15 is 0 Å². The third-order valence-corrected chi connectivity index (χ3v) is 2.15. The molecule has 0 saturated carbocycles. The molecule has 0 aliphatic rings. The van der Waals surface area contributed by atoms with Crippen LogP contribution in [0.25, 0.3) is 0 Å². The minimum atomic E-state index is -0.320. The molecule has 0 aromatic carbocycles. The summed E-state index contributed by atoms with van der Waals surface area (Å²) in [6, 6.07) is -0.320. The zero-order valence-corrected chi connectivity index (χ0v) is 8.69. The topological polar surface area (TPSA) is 72.9 Å². The van der Waals surface area contributed by atoms with Gasteiger partial charge in [-0.15, -0.1) is 0 Å². The van der Waals surface area contributed by atoms with E-state index < -0.39 is 0 Å². The van der Waals surface area contributed by atoms with E-state index in [1.165, 1.54) is 0 Å². The number of hydrogen-bond acceptors (Lipinski definition) is 3. The maximum Gasteiger partial charge on any atom is 0.256 e. The molecule has 0 radical (unpaired) electrons. The second-order valence-corrected chi connectivity index (χ2v) is 3.53. The summed E-state index contributed by atoms with van der Waals surface area (Å²) in [6.45, 7) is 5.85. The number of nitrogens with two attached hydrogens (primary N) is 1. The van der Waals surface area contributed by atoms with Crippen molar-refractivity contribution < 1.29 is 4.79 Å². The van der Waals surface area contributed by atoms with E-state index in [0.717, 1.165) is 5.82 Å². The fourth-order valence-corrected chi connectivity index (χ4v) is 1.35. The van der Waals surface area contributed by atoms with Gasteiger partial charge in [-0.25, -0.2) is 10.8 Å². The van der Waals surface area contributed by atoms with E-state index in [2.05, 4.69) is 10.4 Å². The van der Waals surface area contributed by atoms with Crippen LogP contribution in [0.3, 0.4) is 0 Å². The lowest BCUT2D eigenvalue weighted by molar-refractivity contribution is -0.124. The van der Waals surface area contributed by atoms with Crippen molar-refractivity contribution in [1.29, 1.82) is 0 Å². The lowest BCUT2D eigenvalue weighted by Crippen LogP contribution is -2.36. The molecule has 1 aromatic rings. The number of imidazole rings is 1. The first-order chi connectivity index (χ1) is 6.57. The molecular formula is C9H16N4O. The standard InChI is InChI=1S/C9H16N4O/c1-6(2)8-11-4-5-13(8)7(3)9(14)12-10/h4-7H,10H2,1-3H3,(H,12,14). The van der Waals surface area contributed by atoms with Gasteiger partial charge in [0.1, 0.15) is 11.9 Å². The molecule has 1 aromatic heterocycles. The molecule has 5 nitrogen and oxygen atoms in total. The zero-order chi connectivity index (χ0) is 10.7. The van der Waals surface area contributed by atoms with Crippen LogP contribution in [0, 0.1) is 0 Å². The van der Waals surface area contributed by atoms with Crippen molar-refractivity contribution in [3.05, 3.63) is 18.2 Å². The van der Waals surface area contributed by atoms with Crippen LogP contribution in [-0.2, 0) is 4.79 Å². The van der Waals surface area contributed by atoms with Crippen LogP contribution in [0.4, 0.5) is 0 Å². The van der Waals surface area contributed by atoms with Crippen molar-refractivity contribution in [3.63, 3.8) is 0 Å². The van der Waals surface area contributed by atoms with Crippen LogP contribution in [0.15, 0.2) is 12.4 Å². The van der Waals surface area contributed by atoms with Crippen molar-refractivity contribution in [2.75, 3.05) is 0 Å². The number of nitrogens with one attached hydrogen (secondary N) is 1. The maximum absolute atomic E-state index is 11.3. The van der Waals surface area contributed by atoms with Crippen LogP contribution in [0.1, 0.15) is 38.6 Å². The molecule has 1 atom stereocenters. The Balaban J connectivity index is 2.94. The average molecular weight is 196 g/mol. The maximum atomic E-state index is 11.3. The first-order valence-corrected chi connectivity index (χ1v) is 4.61. The van der Waals surface area contributed by atoms with Gasteiger partial charge < -0.3 is 4.57 Å². The summed E-state index contributed by atoms with van der Waals surface area (Å²) in [4.78, 5) is 15.5. The predicted octanol–water partition coefficient (Wildman–Crippen LogP) is 0.557. The molecule has 1 rings (SSSR count). The smallest absolute Gasteiger partial charge is 0.256 e. The number of nitrogens with zero attached hydrogens (tertiary/aromatic N) is 2. The van der Waals surface area contributed by atoms with Gasteiger partial charge in [-0.2, -0.15) is 0 Å². The first-order valence-electron chi connectivity index (χ1n) is 4.61. The molecule has 0 bridgehead atoms. The fraction of sp³-hybridized carbons (Fsp3) is 0.556. The van der Waals surface area contributed by atoms with Gasteiger partial charge in [-0.1, -0.05) is 13.8 Å². The van der Waals surface area contributed by atoms with Crippen molar-refractivity contribution >= 4 is 5.91 Å². The Kier molecular flexibility index (Phi) is 3.24. The molecule has 0 aliphatic carbocycles. The van der Waals surface area contributed by atoms with Gasteiger partial charge in [0.25, 0.3) is 5.91 Å². The van der Waals surface area contributed by atoms with Crippen molar-refractivity contribution in [1.82, 2.24) is 15.0 Å². The SMILES string of the molecule is CC(C)c1nccn1C(C)C(=O)NN. The predicted molar refractivity (Wildman–Crippen MR) is 53.4 cm³/mol. The van der Waals surface area contributed by atoms with Crippen molar-refractivity contribution in [3.8, 4) is 0 Å². The Morgan fingerprint density at radius 2 is 2.21 bits per heavy atom. The quantitative estimate of drug-likeness (QED) is 0.421. The van der Waals surface area contributed by atoms with Gasteiger partial charge in [0.15, 0.2) is 0 Å². The van der Waals surface area contributed by atoms with Gasteiger partial charge in [-0.3, -0.25) is 10.2 Å². The van der Waals surface area contributed by atoms with Crippen molar-refractivity contribution in [2.45, 2.75) is 32.7 Å². The summed E-state index contributed by atoms with van der Waals surface area (Å²) in [5.74, 6) is 6.03. The number of hydrazine groups is 1. The molecule has 0 aliphatic heterocycles. The first kappa shape index (κ1) is 10.7. The van der Waals surface area contributed by atoms with Crippen LogP contribution < -0.4 is 11.3 Å². The highest BCUT2D eigenvalue weighted by Gasteiger charge is 2.17.